The number of carbonyl (C=O) groups excluding carboxylic acids is 2. The first-order valence-corrected chi connectivity index (χ1v) is 11.4. The van der Waals surface area contributed by atoms with E-state index in [0.29, 0.717) is 33.0 Å². The summed E-state index contributed by atoms with van der Waals surface area (Å²) in [6.45, 7) is 5.74. The van der Waals surface area contributed by atoms with Crippen LogP contribution in [-0.4, -0.2) is 31.7 Å². The highest BCUT2D eigenvalue weighted by Gasteiger charge is 2.20. The average molecular weight is 473 g/mol. The molecule has 0 aliphatic rings. The van der Waals surface area contributed by atoms with Crippen molar-refractivity contribution in [2.45, 2.75) is 37.8 Å². The van der Waals surface area contributed by atoms with Crippen molar-refractivity contribution >= 4 is 40.7 Å². The Hall–Kier alpha value is -2.84. The molecule has 0 fully saturated rings. The van der Waals surface area contributed by atoms with Crippen molar-refractivity contribution in [3.05, 3.63) is 64.9 Å². The van der Waals surface area contributed by atoms with Crippen LogP contribution in [0.1, 0.15) is 37.0 Å². The van der Waals surface area contributed by atoms with Crippen molar-refractivity contribution < 1.29 is 14.3 Å². The zero-order valence-corrected chi connectivity index (χ0v) is 19.9. The Morgan fingerprint density at radius 3 is 2.34 bits per heavy atom. The lowest BCUT2D eigenvalue weighted by molar-refractivity contribution is -0.118. The molecule has 9 heteroatoms. The molecule has 0 saturated carbocycles. The third kappa shape index (κ3) is 6.11. The van der Waals surface area contributed by atoms with Crippen molar-refractivity contribution in [3.63, 3.8) is 0 Å². The van der Waals surface area contributed by atoms with Crippen molar-refractivity contribution in [2.75, 3.05) is 5.32 Å². The van der Waals surface area contributed by atoms with Gasteiger partial charge < -0.3 is 14.6 Å². The number of aromatic nitrogens is 3. The molecule has 0 aliphatic carbocycles. The molecule has 0 bridgehead atoms. The average Bonchev–Trinajstić information content (AvgIpc) is 3.12. The number of carbonyl (C=O) groups is 2. The van der Waals surface area contributed by atoms with Crippen LogP contribution in [0.4, 0.5) is 5.69 Å². The second-order valence-electron chi connectivity index (χ2n) is 7.55. The Bertz CT molecular complexity index is 1080. The topological polar surface area (TPSA) is 86.1 Å². The van der Waals surface area contributed by atoms with E-state index < -0.39 is 0 Å². The molecule has 1 aromatic heterocycles. The zero-order valence-electron chi connectivity index (χ0n) is 18.3. The molecule has 7 nitrogen and oxygen atoms in total. The van der Waals surface area contributed by atoms with Crippen LogP contribution in [0.2, 0.25) is 5.02 Å². The van der Waals surface area contributed by atoms with E-state index >= 15 is 0 Å². The third-order valence-corrected chi connectivity index (χ3v) is 6.11. The number of hydrogen-bond acceptors (Lipinski definition) is 6. The van der Waals surface area contributed by atoms with Gasteiger partial charge in [-0.3, -0.25) is 9.59 Å². The number of rotatable bonds is 9. The van der Waals surface area contributed by atoms with Crippen LogP contribution < -0.4 is 10.1 Å². The number of benzene rings is 2. The molecule has 1 heterocycles. The predicted octanol–water partition coefficient (Wildman–Crippen LogP) is 5.01. The Kier molecular flexibility index (Phi) is 7.93. The molecular formula is C23H25ClN4O3S. The molecule has 1 amide bonds. The minimum atomic E-state index is -0.362. The van der Waals surface area contributed by atoms with Gasteiger partial charge in [0.25, 0.3) is 0 Å². The number of Topliss-reactive ketones (excluding diaryl/α,β-unsaturated/α-hetero) is 1. The lowest BCUT2D eigenvalue weighted by Gasteiger charge is -2.12. The summed E-state index contributed by atoms with van der Waals surface area (Å²) in [6, 6.07) is 14.0. The Morgan fingerprint density at radius 2 is 1.72 bits per heavy atom. The summed E-state index contributed by atoms with van der Waals surface area (Å²) < 4.78 is 7.54. The summed E-state index contributed by atoms with van der Waals surface area (Å²) in [7, 11) is 1.84. The van der Waals surface area contributed by atoms with Gasteiger partial charge in [0.15, 0.2) is 16.8 Å². The summed E-state index contributed by atoms with van der Waals surface area (Å²) in [5.41, 5.74) is 1.24. The molecule has 0 aliphatic heterocycles. The Balaban J connectivity index is 1.59. The zero-order chi connectivity index (χ0) is 23.3. The second kappa shape index (κ2) is 10.7. The van der Waals surface area contributed by atoms with E-state index in [1.54, 1.807) is 48.5 Å². The molecule has 1 atom stereocenters. The fourth-order valence-corrected chi connectivity index (χ4v) is 3.74. The van der Waals surface area contributed by atoms with Crippen LogP contribution in [-0.2, 0) is 18.4 Å². The Labute approximate surface area is 196 Å². The largest absolute Gasteiger partial charge is 0.486 e. The van der Waals surface area contributed by atoms with E-state index in [9.17, 15) is 9.59 Å². The number of amides is 1. The van der Waals surface area contributed by atoms with Crippen molar-refractivity contribution in [1.82, 2.24) is 14.8 Å². The predicted molar refractivity (Wildman–Crippen MR) is 126 cm³/mol. The lowest BCUT2D eigenvalue weighted by Crippen LogP contribution is -2.18. The van der Waals surface area contributed by atoms with Crippen molar-refractivity contribution in [1.29, 1.82) is 0 Å². The minimum absolute atomic E-state index is 0.0290. The molecule has 32 heavy (non-hydrogen) atoms. The molecule has 0 spiro atoms. The van der Waals surface area contributed by atoms with Crippen LogP contribution in [0.3, 0.4) is 0 Å². The highest BCUT2D eigenvalue weighted by atomic mass is 35.5. The molecule has 2 aromatic carbocycles. The van der Waals surface area contributed by atoms with Gasteiger partial charge in [0.05, 0.1) is 5.25 Å². The van der Waals surface area contributed by atoms with E-state index in [4.69, 9.17) is 16.3 Å². The van der Waals surface area contributed by atoms with Gasteiger partial charge in [-0.15, -0.1) is 10.2 Å². The summed E-state index contributed by atoms with van der Waals surface area (Å²) in [5, 5.41) is 12.1. The van der Waals surface area contributed by atoms with Gasteiger partial charge in [0.1, 0.15) is 12.4 Å². The molecule has 3 rings (SSSR count). The molecular weight excluding hydrogens is 448 g/mol. The normalized spacial score (nSPS) is 11.9. The van der Waals surface area contributed by atoms with Gasteiger partial charge in [-0.05, 0) is 55.5 Å². The molecule has 168 valence electrons. The Morgan fingerprint density at radius 1 is 1.06 bits per heavy atom. The van der Waals surface area contributed by atoms with Crippen LogP contribution in [0.5, 0.6) is 5.75 Å². The standard InChI is InChI=1S/C23H25ClN4O3S/c1-14(2)22(30)25-18-9-5-16(6-10-18)21(29)15(3)32-23-27-26-20(28(23)4)13-31-19-11-7-17(24)8-12-19/h5-12,14-15H,13H2,1-4H3,(H,25,30)/t15-/m0/s1. The summed E-state index contributed by atoms with van der Waals surface area (Å²) in [4.78, 5) is 24.7. The van der Waals surface area contributed by atoms with Crippen molar-refractivity contribution in [3.8, 4) is 5.75 Å². The number of thioether (sulfide) groups is 1. The molecule has 3 aromatic rings. The fourth-order valence-electron chi connectivity index (χ4n) is 2.70. The maximum Gasteiger partial charge on any atom is 0.226 e. The van der Waals surface area contributed by atoms with Crippen molar-refractivity contribution in [2.24, 2.45) is 13.0 Å². The SMILES string of the molecule is CC(C)C(=O)Nc1ccc(C(=O)[C@H](C)Sc2nnc(COc3ccc(Cl)cc3)n2C)cc1. The second-order valence-corrected chi connectivity index (χ2v) is 9.29. The lowest BCUT2D eigenvalue weighted by atomic mass is 10.1. The number of anilines is 1. The third-order valence-electron chi connectivity index (χ3n) is 4.72. The minimum Gasteiger partial charge on any atom is -0.486 e. The highest BCUT2D eigenvalue weighted by molar-refractivity contribution is 8.00. The molecule has 1 N–H and O–H groups in total. The van der Waals surface area contributed by atoms with Crippen LogP contribution in [0.25, 0.3) is 0 Å². The van der Waals surface area contributed by atoms with Crippen LogP contribution >= 0.6 is 23.4 Å². The number of nitrogens with one attached hydrogen (secondary N) is 1. The smallest absolute Gasteiger partial charge is 0.226 e. The fraction of sp³-hybridized carbons (Fsp3) is 0.304. The first-order chi connectivity index (χ1) is 15.2. The quantitative estimate of drug-likeness (QED) is 0.348. The highest BCUT2D eigenvalue weighted by Crippen LogP contribution is 2.25. The molecule has 0 radical (unpaired) electrons. The van der Waals surface area contributed by atoms with Gasteiger partial charge in [0, 0.05) is 29.2 Å². The summed E-state index contributed by atoms with van der Waals surface area (Å²) >= 11 is 7.22. The summed E-state index contributed by atoms with van der Waals surface area (Å²) in [5.74, 6) is 1.13. The molecule has 0 unspecified atom stereocenters. The van der Waals surface area contributed by atoms with Gasteiger partial charge >= 0.3 is 0 Å². The van der Waals surface area contributed by atoms with E-state index in [-0.39, 0.29) is 29.5 Å². The van der Waals surface area contributed by atoms with Gasteiger partial charge in [-0.1, -0.05) is 37.2 Å². The summed E-state index contributed by atoms with van der Waals surface area (Å²) in [6.07, 6.45) is 0. The first-order valence-electron chi connectivity index (χ1n) is 10.1. The van der Waals surface area contributed by atoms with Gasteiger partial charge in [-0.2, -0.15) is 0 Å². The van der Waals surface area contributed by atoms with E-state index in [2.05, 4.69) is 15.5 Å². The van der Waals surface area contributed by atoms with Gasteiger partial charge in [-0.25, -0.2) is 0 Å². The van der Waals surface area contributed by atoms with E-state index in [0.717, 1.165) is 0 Å². The first kappa shape index (κ1) is 23.8. The number of hydrogen-bond donors (Lipinski definition) is 1. The number of nitrogens with zero attached hydrogens (tertiary/aromatic N) is 3. The number of ether oxygens (including phenoxy) is 1. The number of halogens is 1. The molecule has 0 saturated heterocycles. The number of ketones is 1. The van der Waals surface area contributed by atoms with Crippen LogP contribution in [0, 0.1) is 5.92 Å². The maximum atomic E-state index is 12.8. The monoisotopic (exact) mass is 472 g/mol. The van der Waals surface area contributed by atoms with Crippen LogP contribution in [0.15, 0.2) is 53.7 Å². The maximum absolute atomic E-state index is 12.8. The van der Waals surface area contributed by atoms with E-state index in [1.165, 1.54) is 11.8 Å². The van der Waals surface area contributed by atoms with Gasteiger partial charge in [0.2, 0.25) is 5.91 Å². The van der Waals surface area contributed by atoms with E-state index in [1.807, 2.05) is 32.4 Å².